The van der Waals surface area contributed by atoms with Gasteiger partial charge in [0.2, 0.25) is 0 Å². The number of hydrogen-bond donors (Lipinski definition) is 3. The van der Waals surface area contributed by atoms with E-state index < -0.39 is 0 Å². The van der Waals surface area contributed by atoms with Crippen LogP contribution in [-0.2, 0) is 6.54 Å². The Kier molecular flexibility index (Phi) is 5.82. The van der Waals surface area contributed by atoms with Gasteiger partial charge in [0.15, 0.2) is 11.5 Å². The first-order chi connectivity index (χ1) is 18.8. The normalized spacial score (nSPS) is 14.1. The molecule has 0 spiro atoms. The highest BCUT2D eigenvalue weighted by molar-refractivity contribution is 5.94. The Labute approximate surface area is 219 Å². The third kappa shape index (κ3) is 4.31. The van der Waals surface area contributed by atoms with Gasteiger partial charge < -0.3 is 10.3 Å². The molecule has 0 atom stereocenters. The Hall–Kier alpha value is -4.50. The summed E-state index contributed by atoms with van der Waals surface area (Å²) in [5, 5.41) is 11.3. The molecule has 0 radical (unpaired) electrons. The maximum atomic E-state index is 4.98. The minimum atomic E-state index is 0.636. The van der Waals surface area contributed by atoms with E-state index in [-0.39, 0.29) is 0 Å². The molecule has 1 aliphatic carbocycles. The van der Waals surface area contributed by atoms with Crippen LogP contribution < -0.4 is 5.32 Å². The van der Waals surface area contributed by atoms with Gasteiger partial charge in [-0.3, -0.25) is 20.1 Å². The zero-order valence-corrected chi connectivity index (χ0v) is 20.9. The van der Waals surface area contributed by atoms with Gasteiger partial charge in [-0.1, -0.05) is 12.8 Å². The molecule has 0 unspecified atom stereocenters. The molecule has 6 heterocycles. The molecule has 0 aromatic carbocycles. The lowest BCUT2D eigenvalue weighted by atomic mass is 10.1. The molecule has 6 aromatic heterocycles. The summed E-state index contributed by atoms with van der Waals surface area (Å²) < 4.78 is 0. The predicted molar refractivity (Wildman–Crippen MR) is 147 cm³/mol. The van der Waals surface area contributed by atoms with Crippen molar-refractivity contribution >= 4 is 22.1 Å². The number of pyridine rings is 4. The Morgan fingerprint density at radius 1 is 0.842 bits per heavy atom. The molecule has 0 saturated heterocycles. The number of aromatic nitrogens is 8. The standard InChI is InChI=1S/C29H27N9/c1-2-5-18(4-1)13-31-14-19-12-21(17-32-15-19)22-7-8-24-27(34-22)28(38-37-24)29-35-23-9-11-33-25(26(23)36-29)20-6-3-10-30-16-20/h3,6-12,15-18,31H,1-2,4-5,13-14H2,(H,35,36)(H,37,38). The fourth-order valence-electron chi connectivity index (χ4n) is 5.35. The molecule has 0 aliphatic heterocycles. The average molecular weight is 502 g/mol. The van der Waals surface area contributed by atoms with Crippen molar-refractivity contribution in [3.8, 4) is 34.0 Å². The van der Waals surface area contributed by atoms with Gasteiger partial charge in [0.25, 0.3) is 0 Å². The van der Waals surface area contributed by atoms with Crippen LogP contribution in [0.4, 0.5) is 0 Å². The maximum absolute atomic E-state index is 4.98. The minimum Gasteiger partial charge on any atom is -0.336 e. The first-order valence-corrected chi connectivity index (χ1v) is 13.1. The van der Waals surface area contributed by atoms with Crippen LogP contribution in [0, 0.1) is 5.92 Å². The van der Waals surface area contributed by atoms with Crippen molar-refractivity contribution in [2.75, 3.05) is 6.54 Å². The first-order valence-electron chi connectivity index (χ1n) is 13.1. The van der Waals surface area contributed by atoms with Crippen LogP contribution in [0.3, 0.4) is 0 Å². The van der Waals surface area contributed by atoms with Crippen LogP contribution in [0.1, 0.15) is 31.2 Å². The predicted octanol–water partition coefficient (Wildman–Crippen LogP) is 5.30. The van der Waals surface area contributed by atoms with Gasteiger partial charge in [-0.05, 0) is 67.3 Å². The summed E-state index contributed by atoms with van der Waals surface area (Å²) in [7, 11) is 0. The van der Waals surface area contributed by atoms with E-state index >= 15 is 0 Å². The van der Waals surface area contributed by atoms with Crippen molar-refractivity contribution in [1.29, 1.82) is 0 Å². The van der Waals surface area contributed by atoms with Crippen LogP contribution in [-0.4, -0.2) is 46.6 Å². The molecule has 9 nitrogen and oxygen atoms in total. The number of rotatable bonds is 7. The number of fused-ring (bicyclic) bond motifs is 2. The zero-order chi connectivity index (χ0) is 25.3. The van der Waals surface area contributed by atoms with E-state index in [2.05, 4.69) is 41.5 Å². The van der Waals surface area contributed by atoms with Crippen LogP contribution in [0.5, 0.6) is 0 Å². The number of nitrogens with zero attached hydrogens (tertiary/aromatic N) is 6. The highest BCUT2D eigenvalue weighted by Crippen LogP contribution is 2.30. The average Bonchev–Trinajstić information content (AvgIpc) is 3.73. The van der Waals surface area contributed by atoms with Crippen LogP contribution >= 0.6 is 0 Å². The fraction of sp³-hybridized carbons (Fsp3) is 0.241. The summed E-state index contributed by atoms with van der Waals surface area (Å²) in [5.74, 6) is 1.45. The van der Waals surface area contributed by atoms with Crippen molar-refractivity contribution in [2.24, 2.45) is 5.92 Å². The number of nitrogens with one attached hydrogen (secondary N) is 3. The summed E-state index contributed by atoms with van der Waals surface area (Å²) in [6.07, 6.45) is 14.5. The molecular weight excluding hydrogens is 474 g/mol. The fourth-order valence-corrected chi connectivity index (χ4v) is 5.35. The summed E-state index contributed by atoms with van der Waals surface area (Å²) >= 11 is 0. The topological polar surface area (TPSA) is 121 Å². The molecular formula is C29H27N9. The van der Waals surface area contributed by atoms with Crippen molar-refractivity contribution in [3.05, 3.63) is 72.9 Å². The molecule has 3 N–H and O–H groups in total. The highest BCUT2D eigenvalue weighted by Gasteiger charge is 2.18. The van der Waals surface area contributed by atoms with Crippen molar-refractivity contribution in [1.82, 2.24) is 45.4 Å². The lowest BCUT2D eigenvalue weighted by molar-refractivity contribution is 0.489. The molecule has 7 rings (SSSR count). The van der Waals surface area contributed by atoms with Gasteiger partial charge in [0.05, 0.1) is 22.4 Å². The third-order valence-corrected chi connectivity index (χ3v) is 7.30. The second-order valence-corrected chi connectivity index (χ2v) is 9.91. The zero-order valence-electron chi connectivity index (χ0n) is 20.9. The summed E-state index contributed by atoms with van der Waals surface area (Å²) in [4.78, 5) is 26.5. The van der Waals surface area contributed by atoms with Gasteiger partial charge in [-0.25, -0.2) is 9.97 Å². The van der Waals surface area contributed by atoms with Gasteiger partial charge in [-0.2, -0.15) is 5.10 Å². The number of hydrogen-bond acceptors (Lipinski definition) is 7. The van der Waals surface area contributed by atoms with Crippen LogP contribution in [0.15, 0.2) is 67.4 Å². The van der Waals surface area contributed by atoms with Gasteiger partial charge in [0, 0.05) is 48.7 Å². The highest BCUT2D eigenvalue weighted by atomic mass is 15.2. The molecule has 0 amide bonds. The Morgan fingerprint density at radius 2 is 1.74 bits per heavy atom. The van der Waals surface area contributed by atoms with Gasteiger partial charge in [-0.15, -0.1) is 0 Å². The Bertz CT molecular complexity index is 1710. The molecule has 1 aliphatic rings. The Morgan fingerprint density at radius 3 is 2.63 bits per heavy atom. The summed E-state index contributed by atoms with van der Waals surface area (Å²) in [6.45, 7) is 1.88. The van der Waals surface area contributed by atoms with Crippen molar-refractivity contribution in [3.63, 3.8) is 0 Å². The monoisotopic (exact) mass is 501 g/mol. The molecule has 188 valence electrons. The maximum Gasteiger partial charge on any atom is 0.161 e. The second-order valence-electron chi connectivity index (χ2n) is 9.91. The van der Waals surface area contributed by atoms with Crippen LogP contribution in [0.2, 0.25) is 0 Å². The van der Waals surface area contributed by atoms with E-state index in [4.69, 9.17) is 9.97 Å². The van der Waals surface area contributed by atoms with E-state index in [9.17, 15) is 0 Å². The van der Waals surface area contributed by atoms with E-state index in [0.29, 0.717) is 11.5 Å². The lowest BCUT2D eigenvalue weighted by Crippen LogP contribution is -2.20. The Balaban J connectivity index is 1.20. The lowest BCUT2D eigenvalue weighted by Gasteiger charge is -2.11. The molecule has 38 heavy (non-hydrogen) atoms. The van der Waals surface area contributed by atoms with E-state index in [1.807, 2.05) is 42.7 Å². The number of imidazole rings is 1. The quantitative estimate of drug-likeness (QED) is 0.271. The van der Waals surface area contributed by atoms with Crippen molar-refractivity contribution in [2.45, 2.75) is 32.2 Å². The minimum absolute atomic E-state index is 0.636. The SMILES string of the molecule is c1cncc(-c2nccc3[nH]c(-c4n[nH]c5ccc(-c6cncc(CNCC7CCCC7)c6)nc45)nc23)c1. The third-order valence-electron chi connectivity index (χ3n) is 7.30. The smallest absolute Gasteiger partial charge is 0.161 e. The van der Waals surface area contributed by atoms with E-state index in [0.717, 1.165) is 69.2 Å². The summed E-state index contributed by atoms with van der Waals surface area (Å²) in [5.41, 5.74) is 8.57. The number of aromatic amines is 2. The molecule has 1 fully saturated rings. The first kappa shape index (κ1) is 22.7. The molecule has 9 heteroatoms. The number of H-pyrrole nitrogens is 2. The van der Waals surface area contributed by atoms with Gasteiger partial charge >= 0.3 is 0 Å². The summed E-state index contributed by atoms with van der Waals surface area (Å²) in [6, 6.07) is 12.0. The molecule has 1 saturated carbocycles. The molecule has 6 aromatic rings. The van der Waals surface area contributed by atoms with Crippen LogP contribution in [0.25, 0.3) is 56.1 Å². The largest absolute Gasteiger partial charge is 0.336 e. The second kappa shape index (κ2) is 9.75. The van der Waals surface area contributed by atoms with E-state index in [1.54, 1.807) is 18.6 Å². The van der Waals surface area contributed by atoms with E-state index in [1.165, 1.54) is 25.7 Å². The van der Waals surface area contributed by atoms with Gasteiger partial charge in [0.1, 0.15) is 11.0 Å². The van der Waals surface area contributed by atoms with Crippen molar-refractivity contribution < 1.29 is 0 Å². The molecule has 0 bridgehead atoms.